The zero-order valence-corrected chi connectivity index (χ0v) is 19.3. The fourth-order valence-electron chi connectivity index (χ4n) is 2.98. The molecule has 31 heavy (non-hydrogen) atoms. The van der Waals surface area contributed by atoms with Crippen molar-refractivity contribution in [1.29, 1.82) is 0 Å². The minimum atomic E-state index is -0.387. The van der Waals surface area contributed by atoms with E-state index in [9.17, 15) is 4.79 Å². The van der Waals surface area contributed by atoms with Crippen LogP contribution < -0.4 is 10.1 Å². The molecule has 8 heteroatoms. The maximum Gasteiger partial charge on any atom is 0.234 e. The number of benzene rings is 2. The van der Waals surface area contributed by atoms with Crippen LogP contribution in [0.4, 0.5) is 5.69 Å². The van der Waals surface area contributed by atoms with Crippen molar-refractivity contribution in [2.24, 2.45) is 0 Å². The number of anilines is 1. The molecule has 0 saturated carbocycles. The number of aromatic nitrogens is 3. The van der Waals surface area contributed by atoms with Gasteiger partial charge >= 0.3 is 0 Å². The number of nitrogens with one attached hydrogen (secondary N) is 1. The van der Waals surface area contributed by atoms with Crippen molar-refractivity contribution < 1.29 is 9.53 Å². The predicted molar refractivity (Wildman–Crippen MR) is 126 cm³/mol. The largest absolute Gasteiger partial charge is 0.481 e. The molecule has 1 amide bonds. The Kier molecular flexibility index (Phi) is 7.76. The van der Waals surface area contributed by atoms with Crippen molar-refractivity contribution in [2.45, 2.75) is 38.6 Å². The van der Waals surface area contributed by atoms with Crippen molar-refractivity contribution in [3.63, 3.8) is 0 Å². The van der Waals surface area contributed by atoms with Crippen molar-refractivity contribution in [3.8, 4) is 5.75 Å². The van der Waals surface area contributed by atoms with Gasteiger partial charge < -0.3 is 10.1 Å². The Morgan fingerprint density at radius 2 is 2.06 bits per heavy atom. The molecular weight excluding hydrogens is 432 g/mol. The van der Waals surface area contributed by atoms with Crippen molar-refractivity contribution in [1.82, 2.24) is 14.8 Å². The average molecular weight is 457 g/mol. The maximum absolute atomic E-state index is 12.4. The molecule has 3 aromatic rings. The summed E-state index contributed by atoms with van der Waals surface area (Å²) >= 11 is 7.58. The standard InChI is InChI=1S/C23H25ClN4O2S/c1-5-12-28-22(17(4)30-20-13-15(2)10-11-18(20)24)26-27-23(28)31-14-21(29)25-19-9-7-6-8-16(19)3/h5-11,13,17H,1,12,14H2,2-4H3,(H,25,29). The summed E-state index contributed by atoms with van der Waals surface area (Å²) in [6.45, 7) is 10.1. The minimum absolute atomic E-state index is 0.107. The highest BCUT2D eigenvalue weighted by atomic mass is 35.5. The molecule has 0 bridgehead atoms. The molecule has 6 nitrogen and oxygen atoms in total. The lowest BCUT2D eigenvalue weighted by Crippen LogP contribution is -2.16. The van der Waals surface area contributed by atoms with E-state index in [2.05, 4.69) is 22.1 Å². The zero-order valence-electron chi connectivity index (χ0n) is 17.8. The summed E-state index contributed by atoms with van der Waals surface area (Å²) in [4.78, 5) is 12.4. The lowest BCUT2D eigenvalue weighted by atomic mass is 10.2. The van der Waals surface area contributed by atoms with E-state index in [1.54, 1.807) is 6.08 Å². The SMILES string of the molecule is C=CCn1c(SCC(=O)Nc2ccccc2C)nnc1C(C)Oc1cc(C)ccc1Cl. The third-order valence-electron chi connectivity index (χ3n) is 4.56. The molecule has 0 radical (unpaired) electrons. The second-order valence-corrected chi connectivity index (χ2v) is 8.44. The molecule has 2 aromatic carbocycles. The van der Waals surface area contributed by atoms with Gasteiger partial charge in [0.2, 0.25) is 5.91 Å². The summed E-state index contributed by atoms with van der Waals surface area (Å²) in [7, 11) is 0. The first-order valence-corrected chi connectivity index (χ1v) is 11.2. The van der Waals surface area contributed by atoms with Gasteiger partial charge in [-0.1, -0.05) is 53.7 Å². The molecule has 3 rings (SSSR count). The Morgan fingerprint density at radius 3 is 2.81 bits per heavy atom. The molecule has 1 heterocycles. The van der Waals surface area contributed by atoms with Gasteiger partial charge in [0.1, 0.15) is 5.75 Å². The van der Waals surface area contributed by atoms with E-state index in [4.69, 9.17) is 16.3 Å². The molecule has 0 fully saturated rings. The monoisotopic (exact) mass is 456 g/mol. The number of nitrogens with zero attached hydrogens (tertiary/aromatic N) is 3. The summed E-state index contributed by atoms with van der Waals surface area (Å²) < 4.78 is 7.95. The molecule has 0 saturated heterocycles. The van der Waals surface area contributed by atoms with Crippen LogP contribution in [0.15, 0.2) is 60.3 Å². The van der Waals surface area contributed by atoms with Crippen LogP contribution in [0.2, 0.25) is 5.02 Å². The number of halogens is 1. The van der Waals surface area contributed by atoms with E-state index >= 15 is 0 Å². The van der Waals surface area contributed by atoms with Crippen molar-refractivity contribution >= 4 is 35.0 Å². The Bertz CT molecular complexity index is 1080. The third kappa shape index (κ3) is 5.89. The number of hydrogen-bond acceptors (Lipinski definition) is 5. The number of amides is 1. The van der Waals surface area contributed by atoms with Gasteiger partial charge in [-0.25, -0.2) is 0 Å². The predicted octanol–water partition coefficient (Wildman–Crippen LogP) is 5.61. The number of ether oxygens (including phenoxy) is 1. The summed E-state index contributed by atoms with van der Waals surface area (Å²) in [6.07, 6.45) is 1.37. The minimum Gasteiger partial charge on any atom is -0.481 e. The molecule has 162 valence electrons. The highest BCUT2D eigenvalue weighted by Gasteiger charge is 2.20. The van der Waals surface area contributed by atoms with Gasteiger partial charge in [0, 0.05) is 12.2 Å². The summed E-state index contributed by atoms with van der Waals surface area (Å²) in [5.74, 6) is 1.33. The van der Waals surface area contributed by atoms with Crippen LogP contribution >= 0.6 is 23.4 Å². The quantitative estimate of drug-likeness (QED) is 0.335. The van der Waals surface area contributed by atoms with Gasteiger partial charge in [0.25, 0.3) is 0 Å². The fraction of sp³-hybridized carbons (Fsp3) is 0.261. The summed E-state index contributed by atoms with van der Waals surface area (Å²) in [5, 5.41) is 12.7. The van der Waals surface area contributed by atoms with E-state index in [-0.39, 0.29) is 17.8 Å². The number of allylic oxidation sites excluding steroid dienone is 1. The second kappa shape index (κ2) is 10.5. The zero-order chi connectivity index (χ0) is 22.4. The first-order valence-electron chi connectivity index (χ1n) is 9.84. The summed E-state index contributed by atoms with van der Waals surface area (Å²) in [5.41, 5.74) is 2.87. The molecule has 0 aliphatic heterocycles. The van der Waals surface area contributed by atoms with E-state index < -0.39 is 0 Å². The highest BCUT2D eigenvalue weighted by Crippen LogP contribution is 2.30. The van der Waals surface area contributed by atoms with E-state index in [1.165, 1.54) is 11.8 Å². The molecule has 0 aliphatic carbocycles. The first-order chi connectivity index (χ1) is 14.9. The van der Waals surface area contributed by atoms with E-state index in [0.29, 0.717) is 28.3 Å². The van der Waals surface area contributed by atoms with Gasteiger partial charge in [-0.2, -0.15) is 0 Å². The number of carbonyl (C=O) groups excluding carboxylic acids is 1. The normalized spacial score (nSPS) is 11.7. The number of para-hydroxylation sites is 1. The number of thioether (sulfide) groups is 1. The van der Waals surface area contributed by atoms with Crippen LogP contribution in [0, 0.1) is 13.8 Å². The number of hydrogen-bond donors (Lipinski definition) is 1. The number of aryl methyl sites for hydroxylation is 2. The molecule has 1 unspecified atom stereocenters. The molecular formula is C23H25ClN4O2S. The fourth-order valence-corrected chi connectivity index (χ4v) is 3.90. The van der Waals surface area contributed by atoms with Crippen LogP contribution in [0.3, 0.4) is 0 Å². The molecule has 0 spiro atoms. The third-order valence-corrected chi connectivity index (χ3v) is 5.84. The average Bonchev–Trinajstić information content (AvgIpc) is 3.14. The Balaban J connectivity index is 1.70. The van der Waals surface area contributed by atoms with Crippen LogP contribution in [0.25, 0.3) is 0 Å². The number of rotatable bonds is 9. The molecule has 1 N–H and O–H groups in total. The van der Waals surface area contributed by atoms with E-state index in [0.717, 1.165) is 16.8 Å². The first kappa shape index (κ1) is 22.9. The van der Waals surface area contributed by atoms with Gasteiger partial charge in [-0.15, -0.1) is 16.8 Å². The van der Waals surface area contributed by atoms with Crippen molar-refractivity contribution in [3.05, 3.63) is 77.1 Å². The van der Waals surface area contributed by atoms with Gasteiger partial charge in [-0.05, 0) is 50.1 Å². The molecule has 1 aromatic heterocycles. The van der Waals surface area contributed by atoms with Crippen molar-refractivity contribution in [2.75, 3.05) is 11.1 Å². The second-order valence-electron chi connectivity index (χ2n) is 7.09. The van der Waals surface area contributed by atoms with Gasteiger partial charge in [0.05, 0.1) is 10.8 Å². The maximum atomic E-state index is 12.4. The van der Waals surface area contributed by atoms with Crippen LogP contribution in [0.1, 0.15) is 30.0 Å². The Labute approximate surface area is 191 Å². The van der Waals surface area contributed by atoms with E-state index in [1.807, 2.05) is 67.8 Å². The summed E-state index contributed by atoms with van der Waals surface area (Å²) in [6, 6.07) is 13.3. The number of carbonyl (C=O) groups is 1. The van der Waals surface area contributed by atoms with Crippen LogP contribution in [0.5, 0.6) is 5.75 Å². The van der Waals surface area contributed by atoms with Crippen LogP contribution in [-0.2, 0) is 11.3 Å². The smallest absolute Gasteiger partial charge is 0.234 e. The highest BCUT2D eigenvalue weighted by molar-refractivity contribution is 7.99. The lowest BCUT2D eigenvalue weighted by molar-refractivity contribution is -0.113. The topological polar surface area (TPSA) is 69.0 Å². The Hall–Kier alpha value is -2.77. The molecule has 0 aliphatic rings. The van der Waals surface area contributed by atoms with Gasteiger partial charge in [0.15, 0.2) is 17.1 Å². The Morgan fingerprint density at radius 1 is 1.29 bits per heavy atom. The van der Waals surface area contributed by atoms with Crippen LogP contribution in [-0.4, -0.2) is 26.4 Å². The van der Waals surface area contributed by atoms with Gasteiger partial charge in [-0.3, -0.25) is 9.36 Å². The molecule has 1 atom stereocenters. The lowest BCUT2D eigenvalue weighted by Gasteiger charge is -2.17.